The molecule has 4 rings (SSSR count). The largest absolute Gasteiger partial charge is 0.487 e. The van der Waals surface area contributed by atoms with Crippen LogP contribution in [0.25, 0.3) is 0 Å². The van der Waals surface area contributed by atoms with Gasteiger partial charge in [-0.2, -0.15) is 0 Å². The third-order valence-corrected chi connectivity index (χ3v) is 5.73. The highest BCUT2D eigenvalue weighted by Gasteiger charge is 2.08. The minimum atomic E-state index is -0.201. The van der Waals surface area contributed by atoms with Gasteiger partial charge in [0.1, 0.15) is 12.4 Å². The molecule has 0 saturated heterocycles. The van der Waals surface area contributed by atoms with Crippen LogP contribution in [-0.4, -0.2) is 10.9 Å². The van der Waals surface area contributed by atoms with Gasteiger partial charge in [0.05, 0.1) is 15.6 Å². The molecule has 6 heteroatoms. The van der Waals surface area contributed by atoms with Crippen molar-refractivity contribution in [2.75, 3.05) is 5.32 Å². The number of anilines is 1. The van der Waals surface area contributed by atoms with Crippen LogP contribution in [0.3, 0.4) is 0 Å². The van der Waals surface area contributed by atoms with E-state index in [1.165, 1.54) is 0 Å². The summed E-state index contributed by atoms with van der Waals surface area (Å²) in [6, 6.07) is 18.6. The summed E-state index contributed by atoms with van der Waals surface area (Å²) in [5, 5.41) is 7.90. The minimum Gasteiger partial charge on any atom is -0.487 e. The molecule has 2 aromatic carbocycles. The molecule has 1 amide bonds. The van der Waals surface area contributed by atoms with Crippen LogP contribution in [0.5, 0.6) is 5.75 Å². The Bertz CT molecular complexity index is 1220. The summed E-state index contributed by atoms with van der Waals surface area (Å²) in [6.45, 7) is 2.34. The fourth-order valence-electron chi connectivity index (χ4n) is 2.72. The third kappa shape index (κ3) is 5.35. The Morgan fingerprint density at radius 1 is 1.07 bits per heavy atom. The van der Waals surface area contributed by atoms with Crippen molar-refractivity contribution in [3.8, 4) is 17.6 Å². The molecule has 0 unspecified atom stereocenters. The molecule has 0 atom stereocenters. The number of benzene rings is 2. The zero-order valence-corrected chi connectivity index (χ0v) is 17.8. The van der Waals surface area contributed by atoms with E-state index in [0.717, 1.165) is 21.1 Å². The lowest BCUT2D eigenvalue weighted by Gasteiger charge is -2.08. The monoisotopic (exact) mass is 430 g/mol. The summed E-state index contributed by atoms with van der Waals surface area (Å²) in [4.78, 5) is 18.1. The van der Waals surface area contributed by atoms with Gasteiger partial charge in [-0.3, -0.25) is 4.79 Å². The summed E-state index contributed by atoms with van der Waals surface area (Å²) >= 11 is 3.19. The summed E-state index contributed by atoms with van der Waals surface area (Å²) in [5.74, 6) is 6.68. The van der Waals surface area contributed by atoms with Crippen LogP contribution >= 0.6 is 22.7 Å². The van der Waals surface area contributed by atoms with Crippen molar-refractivity contribution in [2.24, 2.45) is 0 Å². The Balaban J connectivity index is 1.42. The normalized spacial score (nSPS) is 10.2. The summed E-state index contributed by atoms with van der Waals surface area (Å²) in [6.07, 6.45) is 0. The van der Waals surface area contributed by atoms with Crippen molar-refractivity contribution >= 4 is 34.3 Å². The van der Waals surface area contributed by atoms with Crippen LogP contribution in [0.1, 0.15) is 31.5 Å². The maximum atomic E-state index is 12.7. The van der Waals surface area contributed by atoms with Crippen LogP contribution in [0.4, 0.5) is 5.69 Å². The fourth-order valence-corrected chi connectivity index (χ4v) is 3.89. The van der Waals surface area contributed by atoms with Gasteiger partial charge in [-0.25, -0.2) is 4.98 Å². The summed E-state index contributed by atoms with van der Waals surface area (Å²) < 4.78 is 5.78. The van der Waals surface area contributed by atoms with E-state index in [9.17, 15) is 4.79 Å². The molecule has 0 spiro atoms. The highest BCUT2D eigenvalue weighted by Crippen LogP contribution is 2.18. The summed E-state index contributed by atoms with van der Waals surface area (Å²) in [7, 11) is 0. The Kier molecular flexibility index (Phi) is 6.23. The van der Waals surface area contributed by atoms with E-state index in [-0.39, 0.29) is 5.91 Å². The first-order valence-electron chi connectivity index (χ1n) is 9.26. The van der Waals surface area contributed by atoms with Gasteiger partial charge in [0.25, 0.3) is 5.91 Å². The summed E-state index contributed by atoms with van der Waals surface area (Å²) in [5.41, 5.74) is 2.95. The number of nitrogens with one attached hydrogen (secondary N) is 1. The van der Waals surface area contributed by atoms with Crippen molar-refractivity contribution in [3.05, 3.63) is 98.1 Å². The van der Waals surface area contributed by atoms with Gasteiger partial charge in [0.15, 0.2) is 0 Å². The molecule has 148 valence electrons. The molecule has 0 aliphatic rings. The zero-order chi connectivity index (χ0) is 20.8. The quantitative estimate of drug-likeness (QED) is 0.411. The smallest absolute Gasteiger partial charge is 0.255 e. The van der Waals surface area contributed by atoms with Crippen molar-refractivity contribution in [1.29, 1.82) is 0 Å². The fraction of sp³-hybridized carbons (Fsp3) is 0.0833. The molecule has 0 aliphatic carbocycles. The molecule has 2 aromatic heterocycles. The number of carbonyl (C=O) groups excluding carboxylic acids is 1. The van der Waals surface area contributed by atoms with E-state index in [0.29, 0.717) is 23.6 Å². The number of thiazole rings is 1. The lowest BCUT2D eigenvalue weighted by Crippen LogP contribution is -2.12. The molecule has 0 radical (unpaired) electrons. The SMILES string of the molecule is Cc1nc(COc2cccc(C(=O)Nc3cccc(C#Cc4cccs4)c3)c2)cs1. The predicted molar refractivity (Wildman–Crippen MR) is 122 cm³/mol. The van der Waals surface area contributed by atoms with Gasteiger partial charge in [0, 0.05) is 22.2 Å². The molecule has 1 N–H and O–H groups in total. The number of aryl methyl sites for hydroxylation is 1. The standard InChI is InChI=1S/C24H18N2O2S2/c1-17-25-21(16-30-17)15-28-22-8-3-6-19(14-22)24(27)26-20-7-2-5-18(13-20)10-11-23-9-4-12-29-23/h2-9,12-14,16H,15H2,1H3,(H,26,27). The van der Waals surface area contributed by atoms with Crippen LogP contribution in [0, 0.1) is 18.8 Å². The van der Waals surface area contributed by atoms with Crippen LogP contribution in [-0.2, 0) is 6.61 Å². The first-order chi connectivity index (χ1) is 14.7. The van der Waals surface area contributed by atoms with Crippen molar-refractivity contribution < 1.29 is 9.53 Å². The molecule has 0 aliphatic heterocycles. The zero-order valence-electron chi connectivity index (χ0n) is 16.2. The topological polar surface area (TPSA) is 51.2 Å². The molecule has 30 heavy (non-hydrogen) atoms. The lowest BCUT2D eigenvalue weighted by atomic mass is 10.1. The number of ether oxygens (including phenoxy) is 1. The van der Waals surface area contributed by atoms with E-state index in [1.807, 2.05) is 60.1 Å². The van der Waals surface area contributed by atoms with E-state index in [2.05, 4.69) is 22.1 Å². The van der Waals surface area contributed by atoms with Gasteiger partial charge in [-0.1, -0.05) is 30.0 Å². The maximum absolute atomic E-state index is 12.7. The average Bonchev–Trinajstić information content (AvgIpc) is 3.43. The number of amides is 1. The lowest BCUT2D eigenvalue weighted by molar-refractivity contribution is 0.102. The molecular formula is C24H18N2O2S2. The Hall–Kier alpha value is -3.40. The predicted octanol–water partition coefficient (Wildman–Crippen LogP) is 5.74. The highest BCUT2D eigenvalue weighted by atomic mass is 32.1. The Labute approximate surface area is 183 Å². The van der Waals surface area contributed by atoms with Gasteiger partial charge in [0.2, 0.25) is 0 Å². The molecule has 4 nitrogen and oxygen atoms in total. The van der Waals surface area contributed by atoms with E-state index < -0.39 is 0 Å². The number of thiophene rings is 1. The second-order valence-corrected chi connectivity index (χ2v) is 8.45. The first-order valence-corrected chi connectivity index (χ1v) is 11.0. The number of hydrogen-bond donors (Lipinski definition) is 1. The molecule has 0 bridgehead atoms. The highest BCUT2D eigenvalue weighted by molar-refractivity contribution is 7.10. The van der Waals surface area contributed by atoms with Crippen LogP contribution in [0.2, 0.25) is 0 Å². The van der Waals surface area contributed by atoms with Crippen LogP contribution < -0.4 is 10.1 Å². The Morgan fingerprint density at radius 3 is 2.77 bits per heavy atom. The second kappa shape index (κ2) is 9.40. The molecule has 4 aromatic rings. The minimum absolute atomic E-state index is 0.201. The maximum Gasteiger partial charge on any atom is 0.255 e. The van der Waals surface area contributed by atoms with Gasteiger partial charge in [-0.15, -0.1) is 22.7 Å². The first kappa shape index (κ1) is 19.9. The Morgan fingerprint density at radius 2 is 1.97 bits per heavy atom. The molecule has 2 heterocycles. The molecular weight excluding hydrogens is 412 g/mol. The second-order valence-electron chi connectivity index (χ2n) is 6.44. The number of aromatic nitrogens is 1. The number of rotatable bonds is 5. The third-order valence-electron chi connectivity index (χ3n) is 4.12. The van der Waals surface area contributed by atoms with Gasteiger partial charge >= 0.3 is 0 Å². The van der Waals surface area contributed by atoms with Crippen LogP contribution in [0.15, 0.2) is 71.4 Å². The van der Waals surface area contributed by atoms with E-state index >= 15 is 0 Å². The van der Waals surface area contributed by atoms with E-state index in [1.54, 1.807) is 40.9 Å². The number of hydrogen-bond acceptors (Lipinski definition) is 5. The van der Waals surface area contributed by atoms with Crippen molar-refractivity contribution in [1.82, 2.24) is 4.98 Å². The number of carbonyl (C=O) groups is 1. The number of nitrogens with zero attached hydrogens (tertiary/aromatic N) is 1. The molecule has 0 saturated carbocycles. The van der Waals surface area contributed by atoms with E-state index in [4.69, 9.17) is 4.74 Å². The average molecular weight is 431 g/mol. The van der Waals surface area contributed by atoms with Crippen molar-refractivity contribution in [2.45, 2.75) is 13.5 Å². The van der Waals surface area contributed by atoms with Crippen molar-refractivity contribution in [3.63, 3.8) is 0 Å². The van der Waals surface area contributed by atoms with Gasteiger partial charge in [-0.05, 0) is 54.8 Å². The van der Waals surface area contributed by atoms with Gasteiger partial charge < -0.3 is 10.1 Å². The molecule has 0 fully saturated rings.